The van der Waals surface area contributed by atoms with E-state index in [4.69, 9.17) is 4.74 Å². The lowest BCUT2D eigenvalue weighted by atomic mass is 10.2. The second-order valence-electron chi connectivity index (χ2n) is 5.87. The van der Waals surface area contributed by atoms with E-state index in [0.717, 1.165) is 26.1 Å². The lowest BCUT2D eigenvalue weighted by molar-refractivity contribution is -0.134. The third-order valence-corrected chi connectivity index (χ3v) is 2.86. The zero-order valence-corrected chi connectivity index (χ0v) is 12.4. The van der Waals surface area contributed by atoms with E-state index in [-0.39, 0.29) is 12.0 Å². The first-order chi connectivity index (χ1) is 8.78. The van der Waals surface area contributed by atoms with E-state index in [1.807, 2.05) is 27.8 Å². The molecule has 6 heteroatoms. The number of alkyl carbamates (subject to hydrolysis) is 1. The molecule has 1 saturated heterocycles. The van der Waals surface area contributed by atoms with Crippen LogP contribution >= 0.6 is 0 Å². The van der Waals surface area contributed by atoms with Crippen molar-refractivity contribution in [1.29, 1.82) is 0 Å². The predicted octanol–water partition coefficient (Wildman–Crippen LogP) is 0.675. The Balaban J connectivity index is 2.11. The summed E-state index contributed by atoms with van der Waals surface area (Å²) in [5, 5.41) is 2.72. The molecular formula is C13H25N3O3. The third kappa shape index (κ3) is 6.42. The molecule has 0 bridgehead atoms. The molecular weight excluding hydrogens is 246 g/mol. The zero-order chi connectivity index (χ0) is 14.5. The van der Waals surface area contributed by atoms with Gasteiger partial charge in [-0.05, 0) is 27.2 Å². The second-order valence-corrected chi connectivity index (χ2v) is 5.87. The molecule has 0 aromatic heterocycles. The standard InChI is InChI=1S/C13H25N3O3/c1-13(2,3)19-12(18)14-6-5-7-16-9-8-15(4)11(17)10-16/h5-10H2,1-4H3,(H,14,18). The lowest BCUT2D eigenvalue weighted by Crippen LogP contribution is -2.49. The van der Waals surface area contributed by atoms with E-state index in [1.54, 1.807) is 4.90 Å². The van der Waals surface area contributed by atoms with Crippen LogP contribution in [0.15, 0.2) is 0 Å². The highest BCUT2D eigenvalue weighted by Gasteiger charge is 2.20. The first kappa shape index (κ1) is 15.8. The Bertz CT molecular complexity index is 326. The maximum Gasteiger partial charge on any atom is 0.407 e. The number of nitrogens with zero attached hydrogens (tertiary/aromatic N) is 2. The average Bonchev–Trinajstić information content (AvgIpc) is 2.27. The van der Waals surface area contributed by atoms with E-state index in [0.29, 0.717) is 13.1 Å². The molecule has 0 aromatic rings. The van der Waals surface area contributed by atoms with Crippen molar-refractivity contribution in [2.24, 2.45) is 0 Å². The Kier molecular flexibility index (Phi) is 5.60. The third-order valence-electron chi connectivity index (χ3n) is 2.86. The van der Waals surface area contributed by atoms with Gasteiger partial charge >= 0.3 is 6.09 Å². The van der Waals surface area contributed by atoms with Gasteiger partial charge in [0.15, 0.2) is 0 Å². The summed E-state index contributed by atoms with van der Waals surface area (Å²) in [6, 6.07) is 0. The number of carbonyl (C=O) groups is 2. The molecule has 110 valence electrons. The second kappa shape index (κ2) is 6.75. The van der Waals surface area contributed by atoms with Crippen molar-refractivity contribution in [3.63, 3.8) is 0 Å². The SMILES string of the molecule is CN1CCN(CCCNC(=O)OC(C)(C)C)CC1=O. The number of carbonyl (C=O) groups excluding carboxylic acids is 2. The number of amides is 2. The van der Waals surface area contributed by atoms with Crippen LogP contribution in [0.25, 0.3) is 0 Å². The van der Waals surface area contributed by atoms with Crippen molar-refractivity contribution in [3.05, 3.63) is 0 Å². The number of ether oxygens (including phenoxy) is 1. The van der Waals surface area contributed by atoms with Crippen LogP contribution in [0.1, 0.15) is 27.2 Å². The highest BCUT2D eigenvalue weighted by Crippen LogP contribution is 2.06. The van der Waals surface area contributed by atoms with E-state index in [1.165, 1.54) is 0 Å². The molecule has 0 aliphatic carbocycles. The number of rotatable bonds is 4. The Hall–Kier alpha value is -1.30. The lowest BCUT2D eigenvalue weighted by Gasteiger charge is -2.31. The van der Waals surface area contributed by atoms with Gasteiger partial charge in [0, 0.05) is 33.2 Å². The van der Waals surface area contributed by atoms with Crippen LogP contribution in [-0.4, -0.2) is 67.2 Å². The van der Waals surface area contributed by atoms with Gasteiger partial charge < -0.3 is 15.0 Å². The average molecular weight is 271 g/mol. The van der Waals surface area contributed by atoms with Crippen molar-refractivity contribution in [3.8, 4) is 0 Å². The molecule has 0 spiro atoms. The van der Waals surface area contributed by atoms with Gasteiger partial charge in [-0.2, -0.15) is 0 Å². The molecule has 6 nitrogen and oxygen atoms in total. The maximum atomic E-state index is 11.5. The number of nitrogens with one attached hydrogen (secondary N) is 1. The molecule has 1 N–H and O–H groups in total. The Morgan fingerprint density at radius 3 is 2.63 bits per heavy atom. The molecule has 0 radical (unpaired) electrons. The Morgan fingerprint density at radius 2 is 2.05 bits per heavy atom. The number of hydrogen-bond acceptors (Lipinski definition) is 4. The van der Waals surface area contributed by atoms with Gasteiger partial charge in [0.25, 0.3) is 0 Å². The van der Waals surface area contributed by atoms with E-state index < -0.39 is 5.60 Å². The number of likely N-dealkylation sites (N-methyl/N-ethyl adjacent to an activating group) is 1. The van der Waals surface area contributed by atoms with Gasteiger partial charge in [-0.3, -0.25) is 9.69 Å². The van der Waals surface area contributed by atoms with Crippen molar-refractivity contribution in [2.45, 2.75) is 32.8 Å². The predicted molar refractivity (Wildman–Crippen MR) is 72.9 cm³/mol. The van der Waals surface area contributed by atoms with E-state index >= 15 is 0 Å². The highest BCUT2D eigenvalue weighted by molar-refractivity contribution is 5.78. The molecule has 19 heavy (non-hydrogen) atoms. The summed E-state index contributed by atoms with van der Waals surface area (Å²) in [5.41, 5.74) is -0.464. The summed E-state index contributed by atoms with van der Waals surface area (Å²) >= 11 is 0. The van der Waals surface area contributed by atoms with Crippen molar-refractivity contribution < 1.29 is 14.3 Å². The van der Waals surface area contributed by atoms with Gasteiger partial charge in [-0.15, -0.1) is 0 Å². The first-order valence-corrected chi connectivity index (χ1v) is 6.71. The summed E-state index contributed by atoms with van der Waals surface area (Å²) in [6.07, 6.45) is 0.429. The molecule has 1 aliphatic heterocycles. The van der Waals surface area contributed by atoms with Crippen LogP contribution in [0.2, 0.25) is 0 Å². The number of piperazine rings is 1. The van der Waals surface area contributed by atoms with Crippen LogP contribution in [-0.2, 0) is 9.53 Å². The minimum atomic E-state index is -0.464. The van der Waals surface area contributed by atoms with Crippen LogP contribution in [0.4, 0.5) is 4.79 Å². The summed E-state index contributed by atoms with van der Waals surface area (Å²) in [4.78, 5) is 26.7. The van der Waals surface area contributed by atoms with Crippen molar-refractivity contribution in [1.82, 2.24) is 15.1 Å². The zero-order valence-electron chi connectivity index (χ0n) is 12.4. The van der Waals surface area contributed by atoms with Gasteiger partial charge in [0.2, 0.25) is 5.91 Å². The van der Waals surface area contributed by atoms with Crippen molar-refractivity contribution in [2.75, 3.05) is 39.8 Å². The van der Waals surface area contributed by atoms with Gasteiger partial charge in [0.1, 0.15) is 5.60 Å². The minimum Gasteiger partial charge on any atom is -0.444 e. The van der Waals surface area contributed by atoms with Gasteiger partial charge in [-0.1, -0.05) is 0 Å². The topological polar surface area (TPSA) is 61.9 Å². The van der Waals surface area contributed by atoms with E-state index in [9.17, 15) is 9.59 Å². The summed E-state index contributed by atoms with van der Waals surface area (Å²) in [5.74, 6) is 0.159. The largest absolute Gasteiger partial charge is 0.444 e. The molecule has 1 heterocycles. The molecule has 1 aliphatic rings. The Morgan fingerprint density at radius 1 is 1.37 bits per heavy atom. The van der Waals surface area contributed by atoms with Crippen LogP contribution in [0, 0.1) is 0 Å². The summed E-state index contributed by atoms with van der Waals surface area (Å²) in [7, 11) is 1.82. The fourth-order valence-electron chi connectivity index (χ4n) is 1.81. The van der Waals surface area contributed by atoms with Crippen LogP contribution < -0.4 is 5.32 Å². The van der Waals surface area contributed by atoms with E-state index in [2.05, 4.69) is 10.2 Å². The van der Waals surface area contributed by atoms with Crippen LogP contribution in [0.5, 0.6) is 0 Å². The monoisotopic (exact) mass is 271 g/mol. The number of hydrogen-bond donors (Lipinski definition) is 1. The molecule has 1 fully saturated rings. The quantitative estimate of drug-likeness (QED) is 0.764. The van der Waals surface area contributed by atoms with Crippen LogP contribution in [0.3, 0.4) is 0 Å². The maximum absolute atomic E-state index is 11.5. The molecule has 1 rings (SSSR count). The smallest absolute Gasteiger partial charge is 0.407 e. The fourth-order valence-corrected chi connectivity index (χ4v) is 1.81. The molecule has 0 saturated carbocycles. The molecule has 2 amide bonds. The highest BCUT2D eigenvalue weighted by atomic mass is 16.6. The summed E-state index contributed by atoms with van der Waals surface area (Å²) < 4.78 is 5.14. The van der Waals surface area contributed by atoms with Gasteiger partial charge in [-0.25, -0.2) is 4.79 Å². The minimum absolute atomic E-state index is 0.159. The normalized spacial score (nSPS) is 17.5. The van der Waals surface area contributed by atoms with Crippen molar-refractivity contribution >= 4 is 12.0 Å². The molecule has 0 aromatic carbocycles. The fraction of sp³-hybridized carbons (Fsp3) is 0.846. The molecule has 0 atom stereocenters. The first-order valence-electron chi connectivity index (χ1n) is 6.71. The summed E-state index contributed by atoms with van der Waals surface area (Å²) in [6.45, 7) is 9.04. The Labute approximate surface area is 115 Å². The van der Waals surface area contributed by atoms with Gasteiger partial charge in [0.05, 0.1) is 6.54 Å². The molecule has 0 unspecified atom stereocenters.